The number of anilines is 1. The summed E-state index contributed by atoms with van der Waals surface area (Å²) >= 11 is 5.84. The third kappa shape index (κ3) is 4.08. The molecule has 1 amide bonds. The van der Waals surface area contributed by atoms with E-state index in [-0.39, 0.29) is 10.7 Å². The fourth-order valence-electron chi connectivity index (χ4n) is 2.15. The van der Waals surface area contributed by atoms with Crippen molar-refractivity contribution in [1.82, 2.24) is 0 Å². The van der Waals surface area contributed by atoms with Gasteiger partial charge >= 0.3 is 0 Å². The fraction of sp³-hybridized carbons (Fsp3) is 0. The second-order valence-corrected chi connectivity index (χ2v) is 7.19. The number of nitrogens with two attached hydrogens (primary N) is 1. The Morgan fingerprint density at radius 2 is 1.60 bits per heavy atom. The molecular formula is C17H13ClN2O4S. The summed E-state index contributed by atoms with van der Waals surface area (Å²) in [6, 6.07) is 15.8. The third-order valence-electron chi connectivity index (χ3n) is 3.40. The van der Waals surface area contributed by atoms with Crippen LogP contribution in [-0.2, 0) is 10.0 Å². The number of carbonyl (C=O) groups excluding carboxylic acids is 1. The molecule has 0 spiro atoms. The molecule has 0 aliphatic carbocycles. The van der Waals surface area contributed by atoms with Crippen molar-refractivity contribution in [3.05, 3.63) is 71.4 Å². The highest BCUT2D eigenvalue weighted by Crippen LogP contribution is 2.24. The Bertz CT molecular complexity index is 1010. The Morgan fingerprint density at radius 1 is 0.960 bits per heavy atom. The van der Waals surface area contributed by atoms with Crippen molar-refractivity contribution in [1.29, 1.82) is 0 Å². The van der Waals surface area contributed by atoms with Gasteiger partial charge in [0, 0.05) is 16.3 Å². The monoisotopic (exact) mass is 376 g/mol. The van der Waals surface area contributed by atoms with Gasteiger partial charge in [0.1, 0.15) is 5.76 Å². The van der Waals surface area contributed by atoms with E-state index in [1.165, 1.54) is 24.3 Å². The Labute approximate surface area is 149 Å². The summed E-state index contributed by atoms with van der Waals surface area (Å²) in [6.07, 6.45) is 0. The van der Waals surface area contributed by atoms with E-state index in [1.54, 1.807) is 36.4 Å². The number of amides is 1. The number of halogens is 1. The average molecular weight is 377 g/mol. The highest BCUT2D eigenvalue weighted by Gasteiger charge is 2.13. The van der Waals surface area contributed by atoms with Crippen LogP contribution in [0.3, 0.4) is 0 Å². The van der Waals surface area contributed by atoms with Gasteiger partial charge in [-0.1, -0.05) is 11.6 Å². The number of nitrogens with one attached hydrogen (secondary N) is 1. The molecule has 128 valence electrons. The predicted octanol–water partition coefficient (Wildman–Crippen LogP) is 3.50. The number of benzene rings is 2. The first-order chi connectivity index (χ1) is 11.8. The second kappa shape index (κ2) is 6.72. The third-order valence-corrected chi connectivity index (χ3v) is 4.58. The van der Waals surface area contributed by atoms with E-state index in [2.05, 4.69) is 5.32 Å². The SMILES string of the molecule is NS(=O)(=O)c1ccc(NC(=O)c2ccc(-c3ccc(Cl)cc3)o2)cc1. The lowest BCUT2D eigenvalue weighted by atomic mass is 10.2. The molecule has 25 heavy (non-hydrogen) atoms. The van der Waals surface area contributed by atoms with E-state index < -0.39 is 15.9 Å². The van der Waals surface area contributed by atoms with Gasteiger partial charge in [0.15, 0.2) is 5.76 Å². The minimum absolute atomic E-state index is 0.0338. The Hall–Kier alpha value is -2.61. The first-order valence-electron chi connectivity index (χ1n) is 7.13. The molecule has 0 atom stereocenters. The van der Waals surface area contributed by atoms with Crippen LogP contribution in [0.4, 0.5) is 5.69 Å². The number of rotatable bonds is 4. The Balaban J connectivity index is 1.75. The molecule has 3 rings (SSSR count). The van der Waals surface area contributed by atoms with E-state index in [0.29, 0.717) is 16.5 Å². The van der Waals surface area contributed by atoms with Crippen molar-refractivity contribution in [2.45, 2.75) is 4.90 Å². The van der Waals surface area contributed by atoms with Crippen molar-refractivity contribution in [3.63, 3.8) is 0 Å². The first kappa shape index (κ1) is 17.2. The van der Waals surface area contributed by atoms with E-state index in [9.17, 15) is 13.2 Å². The van der Waals surface area contributed by atoms with Crippen LogP contribution >= 0.6 is 11.6 Å². The fourth-order valence-corrected chi connectivity index (χ4v) is 2.79. The maximum absolute atomic E-state index is 12.2. The summed E-state index contributed by atoms with van der Waals surface area (Å²) in [5, 5.41) is 8.26. The lowest BCUT2D eigenvalue weighted by Crippen LogP contribution is -2.13. The quantitative estimate of drug-likeness (QED) is 0.727. The molecule has 8 heteroatoms. The molecule has 0 unspecified atom stereocenters. The summed E-state index contributed by atoms with van der Waals surface area (Å²) < 4.78 is 28.0. The summed E-state index contributed by atoms with van der Waals surface area (Å²) in [5.74, 6) is 0.204. The number of hydrogen-bond donors (Lipinski definition) is 2. The molecule has 0 radical (unpaired) electrons. The maximum atomic E-state index is 12.2. The molecule has 1 heterocycles. The van der Waals surface area contributed by atoms with Gasteiger partial charge in [-0.2, -0.15) is 0 Å². The van der Waals surface area contributed by atoms with E-state index in [1.807, 2.05) is 0 Å². The van der Waals surface area contributed by atoms with Gasteiger partial charge in [-0.15, -0.1) is 0 Å². The summed E-state index contributed by atoms with van der Waals surface area (Å²) in [7, 11) is -3.77. The molecule has 0 saturated heterocycles. The van der Waals surface area contributed by atoms with Crippen molar-refractivity contribution in [3.8, 4) is 11.3 Å². The molecule has 3 N–H and O–H groups in total. The molecule has 0 fully saturated rings. The van der Waals surface area contributed by atoms with Crippen LogP contribution in [0.25, 0.3) is 11.3 Å². The molecular weight excluding hydrogens is 364 g/mol. The lowest BCUT2D eigenvalue weighted by molar-refractivity contribution is 0.0997. The number of primary sulfonamides is 1. The normalized spacial score (nSPS) is 11.3. The van der Waals surface area contributed by atoms with Gasteiger partial charge in [-0.25, -0.2) is 13.6 Å². The largest absolute Gasteiger partial charge is 0.451 e. The zero-order valence-corrected chi connectivity index (χ0v) is 14.3. The zero-order chi connectivity index (χ0) is 18.0. The summed E-state index contributed by atoms with van der Waals surface area (Å²) in [4.78, 5) is 12.2. The standard InChI is InChI=1S/C17H13ClN2O4S/c18-12-3-1-11(2-4-12)15-9-10-16(24-15)17(21)20-13-5-7-14(8-6-13)25(19,22)23/h1-10H,(H,20,21)(H2,19,22,23). The van der Waals surface area contributed by atoms with Gasteiger partial charge in [0.05, 0.1) is 4.90 Å². The summed E-state index contributed by atoms with van der Waals surface area (Å²) in [5.41, 5.74) is 1.21. The summed E-state index contributed by atoms with van der Waals surface area (Å²) in [6.45, 7) is 0. The molecule has 0 saturated carbocycles. The number of carbonyl (C=O) groups is 1. The van der Waals surface area contributed by atoms with Crippen LogP contribution in [0.2, 0.25) is 5.02 Å². The molecule has 0 aliphatic rings. The van der Waals surface area contributed by atoms with Crippen molar-refractivity contribution in [2.75, 3.05) is 5.32 Å². The lowest BCUT2D eigenvalue weighted by Gasteiger charge is -2.04. The van der Waals surface area contributed by atoms with Crippen LogP contribution < -0.4 is 10.5 Å². The van der Waals surface area contributed by atoms with E-state index >= 15 is 0 Å². The molecule has 1 aromatic heterocycles. The van der Waals surface area contributed by atoms with Crippen LogP contribution in [0.5, 0.6) is 0 Å². The minimum Gasteiger partial charge on any atom is -0.451 e. The Kier molecular flexibility index (Phi) is 4.63. The van der Waals surface area contributed by atoms with Crippen LogP contribution in [0.15, 0.2) is 70.0 Å². The average Bonchev–Trinajstić information content (AvgIpc) is 3.05. The first-order valence-corrected chi connectivity index (χ1v) is 9.05. The molecule has 6 nitrogen and oxygen atoms in total. The maximum Gasteiger partial charge on any atom is 0.291 e. The van der Waals surface area contributed by atoms with Gasteiger partial charge in [-0.05, 0) is 60.7 Å². The van der Waals surface area contributed by atoms with Crippen molar-refractivity contribution in [2.24, 2.45) is 5.14 Å². The number of furan rings is 1. The molecule has 3 aromatic rings. The molecule has 0 aliphatic heterocycles. The van der Waals surface area contributed by atoms with Crippen molar-refractivity contribution >= 4 is 33.2 Å². The van der Waals surface area contributed by atoms with E-state index in [4.69, 9.17) is 21.2 Å². The molecule has 0 bridgehead atoms. The van der Waals surface area contributed by atoms with Crippen LogP contribution in [0.1, 0.15) is 10.6 Å². The topological polar surface area (TPSA) is 102 Å². The van der Waals surface area contributed by atoms with Gasteiger partial charge < -0.3 is 9.73 Å². The van der Waals surface area contributed by atoms with Crippen LogP contribution in [0, 0.1) is 0 Å². The highest BCUT2D eigenvalue weighted by molar-refractivity contribution is 7.89. The van der Waals surface area contributed by atoms with Crippen molar-refractivity contribution < 1.29 is 17.6 Å². The van der Waals surface area contributed by atoms with E-state index in [0.717, 1.165) is 5.56 Å². The van der Waals surface area contributed by atoms with Gasteiger partial charge in [0.25, 0.3) is 5.91 Å². The minimum atomic E-state index is -3.77. The number of sulfonamides is 1. The Morgan fingerprint density at radius 3 is 2.20 bits per heavy atom. The predicted molar refractivity (Wildman–Crippen MR) is 94.9 cm³/mol. The second-order valence-electron chi connectivity index (χ2n) is 5.19. The van der Waals surface area contributed by atoms with Crippen LogP contribution in [-0.4, -0.2) is 14.3 Å². The number of hydrogen-bond acceptors (Lipinski definition) is 4. The smallest absolute Gasteiger partial charge is 0.291 e. The zero-order valence-electron chi connectivity index (χ0n) is 12.8. The highest BCUT2D eigenvalue weighted by atomic mass is 35.5. The van der Waals surface area contributed by atoms with Gasteiger partial charge in [0.2, 0.25) is 10.0 Å². The van der Waals surface area contributed by atoms with Gasteiger partial charge in [-0.3, -0.25) is 4.79 Å². The molecule has 2 aromatic carbocycles.